The first-order valence-corrected chi connectivity index (χ1v) is 6.03. The summed E-state index contributed by atoms with van der Waals surface area (Å²) in [6, 6.07) is 8.40. The van der Waals surface area contributed by atoms with Gasteiger partial charge in [-0.05, 0) is 30.3 Å². The highest BCUT2D eigenvalue weighted by atomic mass is 35.5. The van der Waals surface area contributed by atoms with E-state index in [4.69, 9.17) is 16.3 Å². The molecule has 0 radical (unpaired) electrons. The number of methoxy groups -OCH3 is 1. The summed E-state index contributed by atoms with van der Waals surface area (Å²) in [6.07, 6.45) is 0. The van der Waals surface area contributed by atoms with Crippen LogP contribution in [0.15, 0.2) is 36.4 Å². The third kappa shape index (κ3) is 2.83. The monoisotopic (exact) mass is 295 g/mol. The highest BCUT2D eigenvalue weighted by molar-refractivity contribution is 6.30. The van der Waals surface area contributed by atoms with Crippen molar-refractivity contribution >= 4 is 23.2 Å². The summed E-state index contributed by atoms with van der Waals surface area (Å²) in [5.41, 5.74) is 0.263. The van der Waals surface area contributed by atoms with Crippen molar-refractivity contribution in [3.63, 3.8) is 0 Å². The average molecular weight is 296 g/mol. The first-order valence-electron chi connectivity index (χ1n) is 5.65. The van der Waals surface area contributed by atoms with E-state index in [9.17, 15) is 14.3 Å². The van der Waals surface area contributed by atoms with Gasteiger partial charge in [0.2, 0.25) is 0 Å². The Balaban J connectivity index is 2.26. The summed E-state index contributed by atoms with van der Waals surface area (Å²) >= 11 is 5.55. The van der Waals surface area contributed by atoms with E-state index in [1.165, 1.54) is 31.4 Å². The molecule has 20 heavy (non-hydrogen) atoms. The van der Waals surface area contributed by atoms with E-state index in [-0.39, 0.29) is 27.8 Å². The third-order valence-electron chi connectivity index (χ3n) is 2.64. The van der Waals surface area contributed by atoms with Gasteiger partial charge in [-0.15, -0.1) is 0 Å². The maximum absolute atomic E-state index is 13.3. The number of ether oxygens (including phenoxy) is 1. The van der Waals surface area contributed by atoms with E-state index in [0.29, 0.717) is 0 Å². The van der Waals surface area contributed by atoms with Crippen LogP contribution >= 0.6 is 11.6 Å². The standard InChI is InChI=1S/C14H11ClFNO3/c1-20-12-4-2-3-9(13(12)18)14(19)17-8-5-6-10(15)11(16)7-8/h2-7,18H,1H3,(H,17,19). The van der Waals surface area contributed by atoms with Gasteiger partial charge in [-0.2, -0.15) is 0 Å². The van der Waals surface area contributed by atoms with Crippen molar-refractivity contribution in [2.45, 2.75) is 0 Å². The molecule has 4 nitrogen and oxygen atoms in total. The molecule has 0 aliphatic rings. The van der Waals surface area contributed by atoms with Crippen LogP contribution < -0.4 is 10.1 Å². The molecule has 2 aromatic rings. The Morgan fingerprint density at radius 2 is 2.10 bits per heavy atom. The second-order valence-electron chi connectivity index (χ2n) is 3.94. The Morgan fingerprint density at radius 3 is 2.75 bits per heavy atom. The lowest BCUT2D eigenvalue weighted by Crippen LogP contribution is -2.12. The molecule has 6 heteroatoms. The number of hydrogen-bond donors (Lipinski definition) is 2. The summed E-state index contributed by atoms with van der Waals surface area (Å²) < 4.78 is 18.2. The van der Waals surface area contributed by atoms with E-state index in [0.717, 1.165) is 6.07 Å². The van der Waals surface area contributed by atoms with Crippen LogP contribution in [0.4, 0.5) is 10.1 Å². The van der Waals surface area contributed by atoms with Crippen molar-refractivity contribution in [2.75, 3.05) is 12.4 Å². The van der Waals surface area contributed by atoms with Crippen LogP contribution in [0.5, 0.6) is 11.5 Å². The van der Waals surface area contributed by atoms with Crippen molar-refractivity contribution in [3.8, 4) is 11.5 Å². The minimum atomic E-state index is -0.640. The van der Waals surface area contributed by atoms with Gasteiger partial charge in [0.25, 0.3) is 5.91 Å². The van der Waals surface area contributed by atoms with E-state index >= 15 is 0 Å². The molecule has 0 spiro atoms. The Kier molecular flexibility index (Phi) is 4.10. The van der Waals surface area contributed by atoms with E-state index < -0.39 is 11.7 Å². The molecule has 104 valence electrons. The highest BCUT2D eigenvalue weighted by Gasteiger charge is 2.15. The number of carbonyl (C=O) groups excluding carboxylic acids is 1. The lowest BCUT2D eigenvalue weighted by atomic mass is 10.1. The number of halogens is 2. The molecule has 0 aromatic heterocycles. The van der Waals surface area contributed by atoms with Gasteiger partial charge in [0.15, 0.2) is 11.5 Å². The van der Waals surface area contributed by atoms with Crippen LogP contribution in [0.25, 0.3) is 0 Å². The molecule has 0 fully saturated rings. The highest BCUT2D eigenvalue weighted by Crippen LogP contribution is 2.30. The zero-order chi connectivity index (χ0) is 14.7. The van der Waals surface area contributed by atoms with Crippen molar-refractivity contribution in [1.29, 1.82) is 0 Å². The summed E-state index contributed by atoms with van der Waals surface area (Å²) in [6.45, 7) is 0. The van der Waals surface area contributed by atoms with Crippen LogP contribution in [0.2, 0.25) is 5.02 Å². The fraction of sp³-hybridized carbons (Fsp3) is 0.0714. The van der Waals surface area contributed by atoms with E-state index in [2.05, 4.69) is 5.32 Å². The number of phenols is 1. The van der Waals surface area contributed by atoms with Gasteiger partial charge in [-0.25, -0.2) is 4.39 Å². The predicted octanol–water partition coefficient (Wildman–Crippen LogP) is 3.45. The molecule has 0 saturated carbocycles. The smallest absolute Gasteiger partial charge is 0.259 e. The largest absolute Gasteiger partial charge is 0.504 e. The van der Waals surface area contributed by atoms with Crippen LogP contribution in [0, 0.1) is 5.82 Å². The molecule has 2 rings (SSSR count). The molecule has 2 N–H and O–H groups in total. The quantitative estimate of drug-likeness (QED) is 0.912. The fourth-order valence-corrected chi connectivity index (χ4v) is 1.76. The van der Waals surface area contributed by atoms with Crippen LogP contribution in [0.1, 0.15) is 10.4 Å². The number of anilines is 1. The first kappa shape index (κ1) is 14.1. The molecule has 2 aromatic carbocycles. The number of para-hydroxylation sites is 1. The molecule has 1 amide bonds. The van der Waals surface area contributed by atoms with Gasteiger partial charge in [0.1, 0.15) is 5.82 Å². The van der Waals surface area contributed by atoms with Gasteiger partial charge in [-0.1, -0.05) is 17.7 Å². The van der Waals surface area contributed by atoms with Crippen LogP contribution in [0.3, 0.4) is 0 Å². The molecule has 0 aliphatic carbocycles. The van der Waals surface area contributed by atoms with Crippen molar-refractivity contribution < 1.29 is 19.0 Å². The summed E-state index contributed by atoms with van der Waals surface area (Å²) in [4.78, 5) is 12.0. The van der Waals surface area contributed by atoms with Gasteiger partial charge in [0, 0.05) is 5.69 Å². The van der Waals surface area contributed by atoms with Gasteiger partial charge < -0.3 is 15.2 Å². The number of nitrogens with one attached hydrogen (secondary N) is 1. The third-order valence-corrected chi connectivity index (χ3v) is 2.95. The molecule has 0 aliphatic heterocycles. The van der Waals surface area contributed by atoms with Gasteiger partial charge >= 0.3 is 0 Å². The Morgan fingerprint density at radius 1 is 1.35 bits per heavy atom. The number of phenolic OH excluding ortho intramolecular Hbond substituents is 1. The predicted molar refractivity (Wildman–Crippen MR) is 74.0 cm³/mol. The molecule has 0 unspecified atom stereocenters. The van der Waals surface area contributed by atoms with Crippen molar-refractivity contribution in [1.82, 2.24) is 0 Å². The minimum Gasteiger partial charge on any atom is -0.504 e. The molecule has 0 heterocycles. The van der Waals surface area contributed by atoms with Gasteiger partial charge in [0.05, 0.1) is 17.7 Å². The molecule has 0 atom stereocenters. The average Bonchev–Trinajstić information content (AvgIpc) is 2.43. The Bertz CT molecular complexity index is 661. The maximum atomic E-state index is 13.3. The van der Waals surface area contributed by atoms with E-state index in [1.807, 2.05) is 0 Å². The number of amides is 1. The first-order chi connectivity index (χ1) is 9.52. The summed E-state index contributed by atoms with van der Waals surface area (Å²) in [5, 5.41) is 12.3. The second-order valence-corrected chi connectivity index (χ2v) is 4.35. The summed E-state index contributed by atoms with van der Waals surface area (Å²) in [5.74, 6) is -1.32. The Labute approximate surface area is 119 Å². The zero-order valence-electron chi connectivity index (χ0n) is 10.5. The maximum Gasteiger partial charge on any atom is 0.259 e. The van der Waals surface area contributed by atoms with Crippen molar-refractivity contribution in [2.24, 2.45) is 0 Å². The minimum absolute atomic E-state index is 0.0275. The lowest BCUT2D eigenvalue weighted by Gasteiger charge is -2.09. The van der Waals surface area contributed by atoms with Gasteiger partial charge in [-0.3, -0.25) is 4.79 Å². The number of carbonyl (C=O) groups is 1. The number of benzene rings is 2. The molecular weight excluding hydrogens is 285 g/mol. The Hall–Kier alpha value is -2.27. The fourth-order valence-electron chi connectivity index (χ4n) is 1.64. The van der Waals surface area contributed by atoms with E-state index in [1.54, 1.807) is 6.07 Å². The topological polar surface area (TPSA) is 58.6 Å². The second kappa shape index (κ2) is 5.79. The molecular formula is C14H11ClFNO3. The normalized spacial score (nSPS) is 10.2. The number of rotatable bonds is 3. The lowest BCUT2D eigenvalue weighted by molar-refractivity contribution is 0.102. The van der Waals surface area contributed by atoms with Crippen LogP contribution in [-0.4, -0.2) is 18.1 Å². The van der Waals surface area contributed by atoms with Crippen molar-refractivity contribution in [3.05, 3.63) is 52.8 Å². The zero-order valence-corrected chi connectivity index (χ0v) is 11.2. The molecule has 0 bridgehead atoms. The molecule has 0 saturated heterocycles. The SMILES string of the molecule is COc1cccc(C(=O)Nc2ccc(Cl)c(F)c2)c1O. The number of aromatic hydroxyl groups is 1. The summed E-state index contributed by atoms with van der Waals surface area (Å²) in [7, 11) is 1.38. The number of hydrogen-bond acceptors (Lipinski definition) is 3. The van der Waals surface area contributed by atoms with Crippen LogP contribution in [-0.2, 0) is 0 Å².